The molecule has 2 aromatic rings. The number of likely N-dealkylation sites (tertiary alicyclic amines) is 1. The average molecular weight is 301 g/mol. The molecule has 22 heavy (non-hydrogen) atoms. The van der Waals surface area contributed by atoms with Crippen LogP contribution in [0.5, 0.6) is 0 Å². The SMILES string of the molecule is Cc1c(C(=O)N2CCCCC2CCO)oc2c(C)cccc12. The van der Waals surface area contributed by atoms with Crippen molar-refractivity contribution in [1.82, 2.24) is 4.90 Å². The monoisotopic (exact) mass is 301 g/mol. The van der Waals surface area contributed by atoms with E-state index in [1.807, 2.05) is 36.9 Å². The number of carbonyl (C=O) groups excluding carboxylic acids is 1. The van der Waals surface area contributed by atoms with Crippen molar-refractivity contribution in [1.29, 1.82) is 0 Å². The van der Waals surface area contributed by atoms with E-state index in [4.69, 9.17) is 4.42 Å². The maximum atomic E-state index is 12.9. The molecule has 4 heteroatoms. The van der Waals surface area contributed by atoms with E-state index in [1.165, 1.54) is 0 Å². The number of amides is 1. The molecule has 0 radical (unpaired) electrons. The summed E-state index contributed by atoms with van der Waals surface area (Å²) >= 11 is 0. The first-order valence-electron chi connectivity index (χ1n) is 8.04. The first kappa shape index (κ1) is 15.1. The van der Waals surface area contributed by atoms with Gasteiger partial charge < -0.3 is 14.4 Å². The molecule has 1 aromatic carbocycles. The minimum atomic E-state index is -0.0359. The smallest absolute Gasteiger partial charge is 0.290 e. The largest absolute Gasteiger partial charge is 0.450 e. The molecule has 1 aliphatic heterocycles. The number of fused-ring (bicyclic) bond motifs is 1. The quantitative estimate of drug-likeness (QED) is 0.945. The Morgan fingerprint density at radius 2 is 2.18 bits per heavy atom. The van der Waals surface area contributed by atoms with Crippen LogP contribution in [-0.2, 0) is 0 Å². The molecule has 1 aliphatic rings. The molecule has 1 fully saturated rings. The summed E-state index contributed by atoms with van der Waals surface area (Å²) in [6.07, 6.45) is 3.74. The lowest BCUT2D eigenvalue weighted by Gasteiger charge is -2.35. The summed E-state index contributed by atoms with van der Waals surface area (Å²) in [6, 6.07) is 6.11. The standard InChI is InChI=1S/C18H23NO3/c1-12-6-5-8-15-13(2)17(22-16(12)15)18(21)19-10-4-3-7-14(19)9-11-20/h5-6,8,14,20H,3-4,7,9-11H2,1-2H3. The zero-order chi connectivity index (χ0) is 15.7. The van der Waals surface area contributed by atoms with Gasteiger partial charge in [0.1, 0.15) is 5.58 Å². The second-order valence-electron chi connectivity index (χ2n) is 6.17. The van der Waals surface area contributed by atoms with E-state index in [0.29, 0.717) is 12.2 Å². The normalized spacial score (nSPS) is 18.9. The number of piperidine rings is 1. The first-order valence-corrected chi connectivity index (χ1v) is 8.04. The van der Waals surface area contributed by atoms with Gasteiger partial charge in [0.05, 0.1) is 0 Å². The third kappa shape index (κ3) is 2.52. The summed E-state index contributed by atoms with van der Waals surface area (Å²) in [5.74, 6) is 0.417. The van der Waals surface area contributed by atoms with Crippen LogP contribution in [0.15, 0.2) is 22.6 Å². The molecule has 1 saturated heterocycles. The minimum absolute atomic E-state index is 0.0359. The summed E-state index contributed by atoms with van der Waals surface area (Å²) in [4.78, 5) is 14.8. The number of aryl methyl sites for hydroxylation is 2. The van der Waals surface area contributed by atoms with Gasteiger partial charge >= 0.3 is 0 Å². The van der Waals surface area contributed by atoms with Gasteiger partial charge in [0.15, 0.2) is 5.76 Å². The molecule has 0 bridgehead atoms. The molecule has 1 amide bonds. The third-order valence-electron chi connectivity index (χ3n) is 4.71. The van der Waals surface area contributed by atoms with Crippen LogP contribution in [0, 0.1) is 13.8 Å². The molecule has 1 N–H and O–H groups in total. The van der Waals surface area contributed by atoms with E-state index in [9.17, 15) is 9.90 Å². The number of hydrogen-bond donors (Lipinski definition) is 1. The van der Waals surface area contributed by atoms with E-state index in [2.05, 4.69) is 0 Å². The topological polar surface area (TPSA) is 53.7 Å². The zero-order valence-corrected chi connectivity index (χ0v) is 13.3. The Balaban J connectivity index is 1.97. The van der Waals surface area contributed by atoms with Gasteiger partial charge in [0.2, 0.25) is 0 Å². The second kappa shape index (κ2) is 6.13. The highest BCUT2D eigenvalue weighted by atomic mass is 16.3. The molecule has 1 unspecified atom stereocenters. The summed E-state index contributed by atoms with van der Waals surface area (Å²) in [5.41, 5.74) is 2.77. The van der Waals surface area contributed by atoms with Gasteiger partial charge in [0, 0.05) is 30.1 Å². The van der Waals surface area contributed by atoms with Gasteiger partial charge in [-0.2, -0.15) is 0 Å². The Labute approximate surface area is 130 Å². The number of para-hydroxylation sites is 1. The van der Waals surface area contributed by atoms with Crippen LogP contribution >= 0.6 is 0 Å². The lowest BCUT2D eigenvalue weighted by atomic mass is 9.99. The number of aliphatic hydroxyl groups excluding tert-OH is 1. The first-order chi connectivity index (χ1) is 10.6. The molecule has 0 spiro atoms. The number of carbonyl (C=O) groups is 1. The molecule has 118 valence electrons. The predicted molar refractivity (Wildman–Crippen MR) is 86.1 cm³/mol. The Kier molecular flexibility index (Phi) is 4.21. The van der Waals surface area contributed by atoms with Crippen molar-refractivity contribution in [3.05, 3.63) is 35.1 Å². The van der Waals surface area contributed by atoms with Crippen molar-refractivity contribution in [2.45, 2.75) is 45.6 Å². The average Bonchev–Trinajstić information content (AvgIpc) is 2.86. The fraction of sp³-hybridized carbons (Fsp3) is 0.500. The number of aliphatic hydroxyl groups is 1. The highest BCUT2D eigenvalue weighted by Gasteiger charge is 2.30. The summed E-state index contributed by atoms with van der Waals surface area (Å²) in [6.45, 7) is 4.81. The molecule has 0 saturated carbocycles. The fourth-order valence-electron chi connectivity index (χ4n) is 3.44. The van der Waals surface area contributed by atoms with E-state index in [-0.39, 0.29) is 18.6 Å². The molecular formula is C18H23NO3. The number of rotatable bonds is 3. The number of nitrogens with zero attached hydrogens (tertiary/aromatic N) is 1. The third-order valence-corrected chi connectivity index (χ3v) is 4.71. The molecule has 2 heterocycles. The van der Waals surface area contributed by atoms with Crippen molar-refractivity contribution in [3.63, 3.8) is 0 Å². The molecule has 1 atom stereocenters. The van der Waals surface area contributed by atoms with Crippen LogP contribution < -0.4 is 0 Å². The van der Waals surface area contributed by atoms with Crippen LogP contribution in [0.25, 0.3) is 11.0 Å². The second-order valence-corrected chi connectivity index (χ2v) is 6.17. The highest BCUT2D eigenvalue weighted by Crippen LogP contribution is 2.30. The minimum Gasteiger partial charge on any atom is -0.450 e. The lowest BCUT2D eigenvalue weighted by molar-refractivity contribution is 0.0544. The van der Waals surface area contributed by atoms with Gasteiger partial charge in [0.25, 0.3) is 5.91 Å². The van der Waals surface area contributed by atoms with Crippen LogP contribution in [0.4, 0.5) is 0 Å². The van der Waals surface area contributed by atoms with Gasteiger partial charge in [-0.1, -0.05) is 18.2 Å². The summed E-state index contributed by atoms with van der Waals surface area (Å²) in [5, 5.41) is 10.2. The van der Waals surface area contributed by atoms with E-state index in [0.717, 1.165) is 47.9 Å². The Bertz CT molecular complexity index is 687. The Morgan fingerprint density at radius 1 is 1.36 bits per heavy atom. The fourth-order valence-corrected chi connectivity index (χ4v) is 3.44. The maximum absolute atomic E-state index is 12.9. The summed E-state index contributed by atoms with van der Waals surface area (Å²) < 4.78 is 5.92. The van der Waals surface area contributed by atoms with Crippen LogP contribution in [0.2, 0.25) is 0 Å². The Hall–Kier alpha value is -1.81. The number of hydrogen-bond acceptors (Lipinski definition) is 3. The van der Waals surface area contributed by atoms with Crippen molar-refractivity contribution in [2.24, 2.45) is 0 Å². The van der Waals surface area contributed by atoms with Crippen LogP contribution in [0.3, 0.4) is 0 Å². The maximum Gasteiger partial charge on any atom is 0.290 e. The van der Waals surface area contributed by atoms with Gasteiger partial charge in [-0.05, 0) is 45.1 Å². The molecule has 1 aromatic heterocycles. The van der Waals surface area contributed by atoms with Gasteiger partial charge in [-0.15, -0.1) is 0 Å². The van der Waals surface area contributed by atoms with E-state index >= 15 is 0 Å². The lowest BCUT2D eigenvalue weighted by Crippen LogP contribution is -2.44. The number of furan rings is 1. The van der Waals surface area contributed by atoms with E-state index < -0.39 is 0 Å². The van der Waals surface area contributed by atoms with Crippen LogP contribution in [0.1, 0.15) is 47.4 Å². The van der Waals surface area contributed by atoms with Crippen LogP contribution in [-0.4, -0.2) is 35.1 Å². The van der Waals surface area contributed by atoms with Crippen molar-refractivity contribution < 1.29 is 14.3 Å². The van der Waals surface area contributed by atoms with Gasteiger partial charge in [-0.3, -0.25) is 4.79 Å². The van der Waals surface area contributed by atoms with Crippen molar-refractivity contribution in [2.75, 3.05) is 13.2 Å². The zero-order valence-electron chi connectivity index (χ0n) is 13.3. The molecule has 3 rings (SSSR count). The predicted octanol–water partition coefficient (Wildman–Crippen LogP) is 3.43. The van der Waals surface area contributed by atoms with Gasteiger partial charge in [-0.25, -0.2) is 0 Å². The Morgan fingerprint density at radius 3 is 2.91 bits per heavy atom. The van der Waals surface area contributed by atoms with Crippen molar-refractivity contribution in [3.8, 4) is 0 Å². The van der Waals surface area contributed by atoms with E-state index in [1.54, 1.807) is 0 Å². The molecular weight excluding hydrogens is 278 g/mol. The molecule has 0 aliphatic carbocycles. The molecule has 4 nitrogen and oxygen atoms in total. The summed E-state index contributed by atoms with van der Waals surface area (Å²) in [7, 11) is 0. The highest BCUT2D eigenvalue weighted by molar-refractivity contribution is 5.99. The van der Waals surface area contributed by atoms with Crippen molar-refractivity contribution >= 4 is 16.9 Å². The number of benzene rings is 1.